The zero-order valence-corrected chi connectivity index (χ0v) is 11.4. The van der Waals surface area contributed by atoms with Crippen LogP contribution in [-0.2, 0) is 10.5 Å². The minimum atomic E-state index is -0.806. The van der Waals surface area contributed by atoms with Crippen molar-refractivity contribution in [2.24, 2.45) is 0 Å². The number of rotatable bonds is 6. The van der Waals surface area contributed by atoms with Crippen LogP contribution in [0, 0.1) is 0 Å². The Kier molecular flexibility index (Phi) is 4.81. The van der Waals surface area contributed by atoms with Crippen LogP contribution in [0.1, 0.15) is 12.3 Å². The molecule has 0 bridgehead atoms. The maximum absolute atomic E-state index is 10.4. The number of halogens is 1. The van der Waals surface area contributed by atoms with Gasteiger partial charge in [0.05, 0.1) is 12.2 Å². The van der Waals surface area contributed by atoms with Gasteiger partial charge in [-0.1, -0.05) is 16.8 Å². The molecule has 7 heteroatoms. The summed E-state index contributed by atoms with van der Waals surface area (Å²) >= 11 is 7.25. The SMILES string of the molecule is O=C(O)CCSCc1nc(-c2ccc(Cl)cc2)no1. The summed E-state index contributed by atoms with van der Waals surface area (Å²) in [6.45, 7) is 0. The number of nitrogens with zero attached hydrogens (tertiary/aromatic N) is 2. The van der Waals surface area contributed by atoms with Gasteiger partial charge in [-0.15, -0.1) is 0 Å². The van der Waals surface area contributed by atoms with E-state index in [1.54, 1.807) is 12.1 Å². The predicted octanol–water partition coefficient (Wildman–Crippen LogP) is 3.10. The molecule has 1 aromatic heterocycles. The highest BCUT2D eigenvalue weighted by atomic mass is 35.5. The minimum Gasteiger partial charge on any atom is -0.481 e. The van der Waals surface area contributed by atoms with Crippen molar-refractivity contribution in [3.8, 4) is 11.4 Å². The van der Waals surface area contributed by atoms with Gasteiger partial charge in [0.1, 0.15) is 0 Å². The second-order valence-corrected chi connectivity index (χ2v) is 5.26. The van der Waals surface area contributed by atoms with E-state index in [0.717, 1.165) is 5.56 Å². The van der Waals surface area contributed by atoms with Crippen LogP contribution in [0.25, 0.3) is 11.4 Å². The zero-order chi connectivity index (χ0) is 13.7. The van der Waals surface area contributed by atoms with Crippen molar-refractivity contribution in [3.63, 3.8) is 0 Å². The summed E-state index contributed by atoms with van der Waals surface area (Å²) in [6, 6.07) is 7.14. The first kappa shape index (κ1) is 13.9. The van der Waals surface area contributed by atoms with Crippen LogP contribution in [-0.4, -0.2) is 27.0 Å². The fraction of sp³-hybridized carbons (Fsp3) is 0.250. The topological polar surface area (TPSA) is 76.2 Å². The molecule has 0 radical (unpaired) electrons. The summed E-state index contributed by atoms with van der Waals surface area (Å²) in [4.78, 5) is 14.6. The molecule has 2 rings (SSSR count). The van der Waals surface area contributed by atoms with E-state index in [-0.39, 0.29) is 6.42 Å². The Morgan fingerprint density at radius 3 is 2.79 bits per heavy atom. The molecule has 0 aliphatic carbocycles. The lowest BCUT2D eigenvalue weighted by molar-refractivity contribution is -0.136. The van der Waals surface area contributed by atoms with Gasteiger partial charge in [-0.3, -0.25) is 4.79 Å². The third kappa shape index (κ3) is 4.25. The van der Waals surface area contributed by atoms with Crippen molar-refractivity contribution in [1.82, 2.24) is 10.1 Å². The Balaban J connectivity index is 1.91. The number of carbonyl (C=O) groups is 1. The van der Waals surface area contributed by atoms with Crippen molar-refractivity contribution in [2.45, 2.75) is 12.2 Å². The molecule has 0 saturated heterocycles. The van der Waals surface area contributed by atoms with Gasteiger partial charge < -0.3 is 9.63 Å². The van der Waals surface area contributed by atoms with Gasteiger partial charge in [-0.05, 0) is 24.3 Å². The van der Waals surface area contributed by atoms with E-state index in [4.69, 9.17) is 21.2 Å². The maximum atomic E-state index is 10.4. The minimum absolute atomic E-state index is 0.128. The number of hydrogen-bond donors (Lipinski definition) is 1. The van der Waals surface area contributed by atoms with E-state index >= 15 is 0 Å². The Bertz CT molecular complexity index is 556. The summed E-state index contributed by atoms with van der Waals surface area (Å²) in [6.07, 6.45) is 0.128. The standard InChI is InChI=1S/C12H11ClN2O3S/c13-9-3-1-8(2-4-9)12-14-10(18-15-12)7-19-6-5-11(16)17/h1-4H,5-7H2,(H,16,17). The normalized spacial score (nSPS) is 10.6. The fourth-order valence-electron chi connectivity index (χ4n) is 1.35. The molecule has 0 aliphatic heterocycles. The van der Waals surface area contributed by atoms with E-state index in [0.29, 0.717) is 28.2 Å². The summed E-state index contributed by atoms with van der Waals surface area (Å²) in [5.41, 5.74) is 0.829. The third-order valence-corrected chi connectivity index (χ3v) is 3.45. The smallest absolute Gasteiger partial charge is 0.304 e. The van der Waals surface area contributed by atoms with Gasteiger partial charge in [0.15, 0.2) is 0 Å². The van der Waals surface area contributed by atoms with E-state index in [1.807, 2.05) is 12.1 Å². The number of benzene rings is 1. The number of aliphatic carboxylic acids is 1. The largest absolute Gasteiger partial charge is 0.481 e. The van der Waals surface area contributed by atoms with Crippen LogP contribution in [0.4, 0.5) is 0 Å². The molecule has 0 aliphatic rings. The Labute approximate surface area is 119 Å². The molecule has 0 atom stereocenters. The van der Waals surface area contributed by atoms with Crippen molar-refractivity contribution in [3.05, 3.63) is 35.2 Å². The molecule has 0 saturated carbocycles. The zero-order valence-electron chi connectivity index (χ0n) is 9.88. The molecule has 2 aromatic rings. The average Bonchev–Trinajstić information content (AvgIpc) is 2.84. The van der Waals surface area contributed by atoms with Crippen molar-refractivity contribution < 1.29 is 14.4 Å². The van der Waals surface area contributed by atoms with Gasteiger partial charge in [0.25, 0.3) is 0 Å². The monoisotopic (exact) mass is 298 g/mol. The van der Waals surface area contributed by atoms with Gasteiger partial charge >= 0.3 is 5.97 Å². The van der Waals surface area contributed by atoms with E-state index in [2.05, 4.69) is 10.1 Å². The highest BCUT2D eigenvalue weighted by molar-refractivity contribution is 7.98. The van der Waals surface area contributed by atoms with Crippen LogP contribution in [0.15, 0.2) is 28.8 Å². The molecular formula is C12H11ClN2O3S. The lowest BCUT2D eigenvalue weighted by atomic mass is 10.2. The van der Waals surface area contributed by atoms with Crippen LogP contribution in [0.5, 0.6) is 0 Å². The van der Waals surface area contributed by atoms with Gasteiger partial charge in [0, 0.05) is 16.3 Å². The highest BCUT2D eigenvalue weighted by Gasteiger charge is 2.08. The quantitative estimate of drug-likeness (QED) is 0.826. The number of aromatic nitrogens is 2. The van der Waals surface area contributed by atoms with Crippen LogP contribution >= 0.6 is 23.4 Å². The lowest BCUT2D eigenvalue weighted by Crippen LogP contribution is -1.96. The Hall–Kier alpha value is -1.53. The van der Waals surface area contributed by atoms with Crippen molar-refractivity contribution >= 4 is 29.3 Å². The average molecular weight is 299 g/mol. The molecule has 0 spiro atoms. The predicted molar refractivity (Wildman–Crippen MR) is 73.2 cm³/mol. The van der Waals surface area contributed by atoms with Crippen molar-refractivity contribution in [2.75, 3.05) is 5.75 Å². The number of hydrogen-bond acceptors (Lipinski definition) is 5. The molecule has 19 heavy (non-hydrogen) atoms. The molecule has 0 fully saturated rings. The molecule has 1 aromatic carbocycles. The van der Waals surface area contributed by atoms with Crippen LogP contribution in [0.3, 0.4) is 0 Å². The lowest BCUT2D eigenvalue weighted by Gasteiger charge is -1.94. The summed E-state index contributed by atoms with van der Waals surface area (Å²) < 4.78 is 5.09. The first-order valence-corrected chi connectivity index (χ1v) is 7.06. The number of carboxylic acid groups (broad SMARTS) is 1. The molecule has 100 valence electrons. The van der Waals surface area contributed by atoms with E-state index in [1.165, 1.54) is 11.8 Å². The maximum Gasteiger partial charge on any atom is 0.304 e. The van der Waals surface area contributed by atoms with Gasteiger partial charge in [-0.2, -0.15) is 16.7 Å². The second kappa shape index (κ2) is 6.58. The molecular weight excluding hydrogens is 288 g/mol. The molecule has 1 N–H and O–H groups in total. The van der Waals surface area contributed by atoms with Gasteiger partial charge in [0.2, 0.25) is 11.7 Å². The van der Waals surface area contributed by atoms with Crippen molar-refractivity contribution in [1.29, 1.82) is 0 Å². The number of carboxylic acids is 1. The molecule has 0 amide bonds. The highest BCUT2D eigenvalue weighted by Crippen LogP contribution is 2.20. The van der Waals surface area contributed by atoms with E-state index in [9.17, 15) is 4.79 Å². The summed E-state index contributed by atoms with van der Waals surface area (Å²) in [7, 11) is 0. The first-order valence-electron chi connectivity index (χ1n) is 5.53. The fourth-order valence-corrected chi connectivity index (χ4v) is 2.23. The van der Waals surface area contributed by atoms with Gasteiger partial charge in [-0.25, -0.2) is 0 Å². The van der Waals surface area contributed by atoms with Crippen LogP contribution in [0.2, 0.25) is 5.02 Å². The molecule has 5 nitrogen and oxygen atoms in total. The first-order chi connectivity index (χ1) is 9.15. The summed E-state index contributed by atoms with van der Waals surface area (Å²) in [5, 5.41) is 13.0. The molecule has 0 unspecified atom stereocenters. The van der Waals surface area contributed by atoms with Crippen LogP contribution < -0.4 is 0 Å². The molecule has 1 heterocycles. The second-order valence-electron chi connectivity index (χ2n) is 3.71. The summed E-state index contributed by atoms with van der Waals surface area (Å²) in [5.74, 6) is 1.22. The third-order valence-electron chi connectivity index (χ3n) is 2.26. The Morgan fingerprint density at radius 1 is 1.37 bits per heavy atom. The van der Waals surface area contributed by atoms with E-state index < -0.39 is 5.97 Å². The number of thioether (sulfide) groups is 1. The Morgan fingerprint density at radius 2 is 2.11 bits per heavy atom.